The van der Waals surface area contributed by atoms with Crippen molar-refractivity contribution in [2.24, 2.45) is 0 Å². The van der Waals surface area contributed by atoms with Crippen LogP contribution in [-0.4, -0.2) is 20.3 Å². The topological polar surface area (TPSA) is 68.9 Å². The second-order valence-electron chi connectivity index (χ2n) is 7.27. The third-order valence-electron chi connectivity index (χ3n) is 5.37. The minimum Gasteiger partial charge on any atom is -0.351 e. The Morgan fingerprint density at radius 2 is 1.90 bits per heavy atom. The Bertz CT molecular complexity index is 1220. The Labute approximate surface area is 178 Å². The van der Waals surface area contributed by atoms with E-state index in [2.05, 4.69) is 15.0 Å². The van der Waals surface area contributed by atoms with Crippen molar-refractivity contribution in [1.29, 1.82) is 0 Å². The van der Waals surface area contributed by atoms with E-state index in [0.29, 0.717) is 31.3 Å². The average Bonchev–Trinajstić information content (AvgIpc) is 3.36. The van der Waals surface area contributed by atoms with Gasteiger partial charge in [0.05, 0.1) is 23.8 Å². The number of rotatable bonds is 7. The van der Waals surface area contributed by atoms with Crippen molar-refractivity contribution in [2.45, 2.75) is 39.8 Å². The van der Waals surface area contributed by atoms with E-state index in [9.17, 15) is 9.59 Å². The van der Waals surface area contributed by atoms with E-state index in [1.165, 1.54) is 4.68 Å². The molecule has 3 aromatic heterocycles. The van der Waals surface area contributed by atoms with Gasteiger partial charge in [0.15, 0.2) is 0 Å². The van der Waals surface area contributed by atoms with Gasteiger partial charge in [-0.3, -0.25) is 9.59 Å². The molecule has 3 heterocycles. The predicted octanol–water partition coefficient (Wildman–Crippen LogP) is 3.96. The Balaban J connectivity index is 1.50. The highest BCUT2D eigenvalue weighted by molar-refractivity contribution is 7.09. The summed E-state index contributed by atoms with van der Waals surface area (Å²) in [6.07, 6.45) is 2.92. The molecule has 0 aliphatic rings. The molecular formula is C23H24N4O2S. The van der Waals surface area contributed by atoms with Gasteiger partial charge in [-0.1, -0.05) is 24.3 Å². The fourth-order valence-corrected chi connectivity index (χ4v) is 4.43. The number of carbonyl (C=O) groups is 1. The normalized spacial score (nSPS) is 11.1. The second kappa shape index (κ2) is 8.67. The molecule has 6 nitrogen and oxygen atoms in total. The first kappa shape index (κ1) is 20.1. The number of carbonyl (C=O) groups excluding carboxylic acids is 1. The SMILES string of the molecule is Cc1c2cnn(-c3ccccc3)c(=O)c2c(C)n1CCCC(=O)NCc1cccs1. The second-order valence-corrected chi connectivity index (χ2v) is 8.30. The number of hydrogen-bond acceptors (Lipinski definition) is 4. The molecule has 0 spiro atoms. The van der Waals surface area contributed by atoms with E-state index < -0.39 is 0 Å². The molecule has 0 bridgehead atoms. The van der Waals surface area contributed by atoms with Crippen molar-refractivity contribution in [3.05, 3.63) is 80.7 Å². The zero-order chi connectivity index (χ0) is 21.1. The Kier molecular flexibility index (Phi) is 5.81. The summed E-state index contributed by atoms with van der Waals surface area (Å²) in [6, 6.07) is 13.4. The first-order chi connectivity index (χ1) is 14.6. The quantitative estimate of drug-likeness (QED) is 0.492. The Hall–Kier alpha value is -3.19. The molecule has 1 N–H and O–H groups in total. The van der Waals surface area contributed by atoms with Crippen molar-refractivity contribution < 1.29 is 4.79 Å². The minimum absolute atomic E-state index is 0.0449. The summed E-state index contributed by atoms with van der Waals surface area (Å²) in [5.41, 5.74) is 2.55. The number of aromatic nitrogens is 3. The van der Waals surface area contributed by atoms with Gasteiger partial charge in [-0.25, -0.2) is 0 Å². The Morgan fingerprint density at radius 1 is 1.10 bits per heavy atom. The molecule has 4 rings (SSSR count). The predicted molar refractivity (Wildman–Crippen MR) is 120 cm³/mol. The number of thiophene rings is 1. The standard InChI is InChI=1S/C23H24N4O2S/c1-16-20-15-25-27(18-8-4-3-5-9-18)23(29)22(20)17(2)26(16)12-6-11-21(28)24-14-19-10-7-13-30-19/h3-5,7-10,13,15H,6,11-12,14H2,1-2H3,(H,24,28). The van der Waals surface area contributed by atoms with Gasteiger partial charge in [0.2, 0.25) is 5.91 Å². The van der Waals surface area contributed by atoms with Crippen LogP contribution in [0.3, 0.4) is 0 Å². The van der Waals surface area contributed by atoms with E-state index in [1.54, 1.807) is 17.5 Å². The molecule has 1 aromatic carbocycles. The van der Waals surface area contributed by atoms with E-state index in [-0.39, 0.29) is 11.5 Å². The Morgan fingerprint density at radius 3 is 2.63 bits per heavy atom. The molecule has 30 heavy (non-hydrogen) atoms. The zero-order valence-corrected chi connectivity index (χ0v) is 17.9. The smallest absolute Gasteiger partial charge is 0.281 e. The van der Waals surface area contributed by atoms with Gasteiger partial charge in [0, 0.05) is 34.6 Å². The molecule has 1 amide bonds. The lowest BCUT2D eigenvalue weighted by Crippen LogP contribution is -2.22. The van der Waals surface area contributed by atoms with Gasteiger partial charge in [0.25, 0.3) is 5.56 Å². The highest BCUT2D eigenvalue weighted by Crippen LogP contribution is 2.23. The molecule has 0 atom stereocenters. The highest BCUT2D eigenvalue weighted by atomic mass is 32.1. The van der Waals surface area contributed by atoms with E-state index in [0.717, 1.165) is 27.3 Å². The lowest BCUT2D eigenvalue weighted by atomic mass is 10.2. The number of amides is 1. The summed E-state index contributed by atoms with van der Waals surface area (Å²) in [4.78, 5) is 26.4. The molecule has 0 radical (unpaired) electrons. The fraction of sp³-hybridized carbons (Fsp3) is 0.261. The van der Waals surface area contributed by atoms with Gasteiger partial charge >= 0.3 is 0 Å². The van der Waals surface area contributed by atoms with Crippen LogP contribution in [0.25, 0.3) is 16.5 Å². The van der Waals surface area contributed by atoms with Crippen LogP contribution < -0.4 is 10.9 Å². The van der Waals surface area contributed by atoms with E-state index >= 15 is 0 Å². The maximum Gasteiger partial charge on any atom is 0.281 e. The van der Waals surface area contributed by atoms with Gasteiger partial charge in [0.1, 0.15) is 0 Å². The van der Waals surface area contributed by atoms with E-state index in [1.807, 2.05) is 61.7 Å². The first-order valence-electron chi connectivity index (χ1n) is 9.98. The monoisotopic (exact) mass is 420 g/mol. The van der Waals surface area contributed by atoms with Crippen LogP contribution >= 0.6 is 11.3 Å². The molecule has 7 heteroatoms. The molecule has 0 saturated heterocycles. The van der Waals surface area contributed by atoms with Crippen LogP contribution in [0, 0.1) is 13.8 Å². The number of nitrogens with zero attached hydrogens (tertiary/aromatic N) is 3. The highest BCUT2D eigenvalue weighted by Gasteiger charge is 2.17. The summed E-state index contributed by atoms with van der Waals surface area (Å²) in [7, 11) is 0. The lowest BCUT2D eigenvalue weighted by molar-refractivity contribution is -0.121. The third-order valence-corrected chi connectivity index (χ3v) is 6.24. The number of nitrogens with one attached hydrogen (secondary N) is 1. The third kappa shape index (κ3) is 3.93. The van der Waals surface area contributed by atoms with E-state index in [4.69, 9.17) is 0 Å². The van der Waals surface area contributed by atoms with Crippen LogP contribution in [-0.2, 0) is 17.9 Å². The summed E-state index contributed by atoms with van der Waals surface area (Å²) in [6.45, 7) is 5.22. The van der Waals surface area contributed by atoms with Gasteiger partial charge < -0.3 is 9.88 Å². The molecule has 0 aliphatic carbocycles. The zero-order valence-electron chi connectivity index (χ0n) is 17.1. The lowest BCUT2D eigenvalue weighted by Gasteiger charge is -2.09. The molecule has 0 fully saturated rings. The van der Waals surface area contributed by atoms with Crippen LogP contribution in [0.1, 0.15) is 29.1 Å². The van der Waals surface area contributed by atoms with Crippen LogP contribution in [0.2, 0.25) is 0 Å². The number of benzene rings is 1. The van der Waals surface area contributed by atoms with Crippen molar-refractivity contribution in [2.75, 3.05) is 0 Å². The summed E-state index contributed by atoms with van der Waals surface area (Å²) in [5.74, 6) is 0.0449. The number of fused-ring (bicyclic) bond motifs is 1. The van der Waals surface area contributed by atoms with Crippen molar-refractivity contribution in [3.8, 4) is 5.69 Å². The van der Waals surface area contributed by atoms with Gasteiger partial charge in [-0.15, -0.1) is 11.3 Å². The molecule has 0 unspecified atom stereocenters. The number of para-hydroxylation sites is 1. The maximum absolute atomic E-state index is 13.1. The van der Waals surface area contributed by atoms with Gasteiger partial charge in [-0.2, -0.15) is 9.78 Å². The molecule has 0 aliphatic heterocycles. The minimum atomic E-state index is -0.119. The van der Waals surface area contributed by atoms with Crippen molar-refractivity contribution in [3.63, 3.8) is 0 Å². The van der Waals surface area contributed by atoms with Crippen LogP contribution in [0.4, 0.5) is 0 Å². The summed E-state index contributed by atoms with van der Waals surface area (Å²) >= 11 is 1.64. The maximum atomic E-state index is 13.1. The van der Waals surface area contributed by atoms with Crippen molar-refractivity contribution >= 4 is 28.0 Å². The first-order valence-corrected chi connectivity index (χ1v) is 10.9. The summed E-state index contributed by atoms with van der Waals surface area (Å²) in [5, 5.41) is 10.9. The number of aryl methyl sites for hydroxylation is 2. The molecular weight excluding hydrogens is 396 g/mol. The summed E-state index contributed by atoms with van der Waals surface area (Å²) < 4.78 is 3.56. The van der Waals surface area contributed by atoms with Crippen LogP contribution in [0.15, 0.2) is 58.8 Å². The average molecular weight is 421 g/mol. The molecule has 154 valence electrons. The molecule has 0 saturated carbocycles. The van der Waals surface area contributed by atoms with Crippen LogP contribution in [0.5, 0.6) is 0 Å². The van der Waals surface area contributed by atoms with Gasteiger partial charge in [-0.05, 0) is 43.8 Å². The fourth-order valence-electron chi connectivity index (χ4n) is 3.78. The van der Waals surface area contributed by atoms with Crippen molar-refractivity contribution in [1.82, 2.24) is 19.7 Å². The molecule has 4 aromatic rings. The largest absolute Gasteiger partial charge is 0.351 e. The number of hydrogen-bond donors (Lipinski definition) is 1.